The maximum atomic E-state index is 12.2. The number of carbonyl (C=O) groups is 1. The van der Waals surface area contributed by atoms with E-state index in [1.807, 2.05) is 29.8 Å². The molecule has 1 N–H and O–H groups in total. The predicted molar refractivity (Wildman–Crippen MR) is 90.9 cm³/mol. The molecule has 0 bridgehead atoms. The number of thiazole rings is 1. The molecule has 7 heteroatoms. The summed E-state index contributed by atoms with van der Waals surface area (Å²) in [5, 5.41) is 4.94. The van der Waals surface area contributed by atoms with Crippen molar-refractivity contribution in [1.29, 1.82) is 0 Å². The minimum absolute atomic E-state index is 0.00634. The van der Waals surface area contributed by atoms with Gasteiger partial charge >= 0.3 is 0 Å². The largest absolute Gasteiger partial charge is 0.493 e. The minimum atomic E-state index is -0.142. The van der Waals surface area contributed by atoms with Crippen LogP contribution < -0.4 is 14.8 Å². The molecule has 1 aliphatic heterocycles. The van der Waals surface area contributed by atoms with E-state index in [-0.39, 0.29) is 11.8 Å². The van der Waals surface area contributed by atoms with Crippen molar-refractivity contribution < 1.29 is 14.3 Å². The second-order valence-electron chi connectivity index (χ2n) is 5.62. The predicted octanol–water partition coefficient (Wildman–Crippen LogP) is 2.56. The van der Waals surface area contributed by atoms with Crippen molar-refractivity contribution in [3.8, 4) is 11.5 Å². The molecule has 3 aromatic rings. The van der Waals surface area contributed by atoms with Crippen molar-refractivity contribution in [2.24, 2.45) is 0 Å². The molecule has 0 aliphatic carbocycles. The van der Waals surface area contributed by atoms with E-state index in [2.05, 4.69) is 14.7 Å². The number of hydrogen-bond acceptors (Lipinski definition) is 5. The van der Waals surface area contributed by atoms with Crippen molar-refractivity contribution in [3.05, 3.63) is 46.7 Å². The number of carbonyl (C=O) groups excluding carboxylic acids is 1. The van der Waals surface area contributed by atoms with Crippen LogP contribution in [0.2, 0.25) is 0 Å². The number of aromatic nitrogens is 2. The van der Waals surface area contributed by atoms with E-state index in [0.29, 0.717) is 24.5 Å². The number of ether oxygens (including phenoxy) is 2. The number of amides is 1. The van der Waals surface area contributed by atoms with E-state index in [4.69, 9.17) is 9.47 Å². The van der Waals surface area contributed by atoms with Gasteiger partial charge in [0.1, 0.15) is 0 Å². The normalized spacial score (nSPS) is 17.2. The van der Waals surface area contributed by atoms with Gasteiger partial charge in [-0.2, -0.15) is 0 Å². The molecule has 1 aromatic carbocycles. The summed E-state index contributed by atoms with van der Waals surface area (Å²) in [6.45, 7) is 0.450. The van der Waals surface area contributed by atoms with Gasteiger partial charge in [0.05, 0.1) is 32.2 Å². The summed E-state index contributed by atoms with van der Waals surface area (Å²) in [6, 6.07) is 5.77. The second-order valence-corrected chi connectivity index (χ2v) is 6.49. The van der Waals surface area contributed by atoms with Crippen molar-refractivity contribution in [1.82, 2.24) is 14.7 Å². The number of nitrogens with one attached hydrogen (secondary N) is 1. The molecule has 1 amide bonds. The van der Waals surface area contributed by atoms with Crippen molar-refractivity contribution in [2.75, 3.05) is 14.2 Å². The van der Waals surface area contributed by atoms with Crippen LogP contribution in [0.15, 0.2) is 29.8 Å². The number of rotatable bonds is 3. The number of hydrogen-bond donors (Lipinski definition) is 1. The van der Waals surface area contributed by atoms with Gasteiger partial charge in [-0.15, -0.1) is 11.3 Å². The molecule has 0 fully saturated rings. The van der Waals surface area contributed by atoms with E-state index in [1.165, 1.54) is 0 Å². The highest BCUT2D eigenvalue weighted by Gasteiger charge is 2.31. The summed E-state index contributed by atoms with van der Waals surface area (Å²) in [4.78, 5) is 17.9. The zero-order valence-corrected chi connectivity index (χ0v) is 14.2. The number of para-hydroxylation sites is 1. The SMILES string of the molecule is COc1cccc([C@@H]2CC(=O)NCc3nc4sccn4c32)c1OC. The average Bonchev–Trinajstić information content (AvgIpc) is 3.13. The fraction of sp³-hybridized carbons (Fsp3) is 0.294. The molecular formula is C17H17N3O3S. The van der Waals surface area contributed by atoms with Gasteiger partial charge in [0.25, 0.3) is 0 Å². The van der Waals surface area contributed by atoms with Crippen LogP contribution in [0, 0.1) is 0 Å². The van der Waals surface area contributed by atoms with Gasteiger partial charge in [-0.05, 0) is 6.07 Å². The molecule has 24 heavy (non-hydrogen) atoms. The standard InChI is InChI=1S/C17H17N3O3S/c1-22-13-5-3-4-10(16(13)23-2)11-8-14(21)18-9-12-15(11)20-6-7-24-17(20)19-12/h3-7,11H,8-9H2,1-2H3,(H,18,21)/t11-/m0/s1. The van der Waals surface area contributed by atoms with Crippen LogP contribution >= 0.6 is 11.3 Å². The fourth-order valence-corrected chi connectivity index (χ4v) is 4.07. The van der Waals surface area contributed by atoms with Gasteiger partial charge < -0.3 is 14.8 Å². The van der Waals surface area contributed by atoms with Gasteiger partial charge in [-0.1, -0.05) is 12.1 Å². The van der Waals surface area contributed by atoms with Crippen molar-refractivity contribution >= 4 is 22.2 Å². The molecule has 1 aliphatic rings. The fourth-order valence-electron chi connectivity index (χ4n) is 3.33. The highest BCUT2D eigenvalue weighted by atomic mass is 32.1. The Labute approximate surface area is 143 Å². The number of nitrogens with zero attached hydrogens (tertiary/aromatic N) is 2. The number of benzene rings is 1. The van der Waals surface area contributed by atoms with Gasteiger partial charge in [0.15, 0.2) is 16.5 Å². The van der Waals surface area contributed by atoms with Crippen LogP contribution in [0.5, 0.6) is 11.5 Å². The molecule has 0 spiro atoms. The summed E-state index contributed by atoms with van der Waals surface area (Å²) in [5.41, 5.74) is 2.88. The van der Waals surface area contributed by atoms with Crippen molar-refractivity contribution in [2.45, 2.75) is 18.9 Å². The topological polar surface area (TPSA) is 64.9 Å². The molecule has 0 radical (unpaired) electrons. The maximum absolute atomic E-state index is 12.2. The Morgan fingerprint density at radius 2 is 2.21 bits per heavy atom. The Morgan fingerprint density at radius 3 is 3.00 bits per heavy atom. The molecule has 1 atom stereocenters. The zero-order valence-electron chi connectivity index (χ0n) is 13.4. The summed E-state index contributed by atoms with van der Waals surface area (Å²) in [5.74, 6) is 1.19. The van der Waals surface area contributed by atoms with Gasteiger partial charge in [-0.25, -0.2) is 4.98 Å². The average molecular weight is 343 g/mol. The van der Waals surface area contributed by atoms with E-state index in [1.54, 1.807) is 25.6 Å². The third-order valence-electron chi connectivity index (χ3n) is 4.36. The van der Waals surface area contributed by atoms with E-state index in [0.717, 1.165) is 21.9 Å². The Morgan fingerprint density at radius 1 is 1.33 bits per heavy atom. The third kappa shape index (κ3) is 2.24. The Balaban J connectivity index is 1.95. The maximum Gasteiger partial charge on any atom is 0.221 e. The monoisotopic (exact) mass is 343 g/mol. The molecule has 0 saturated heterocycles. The lowest BCUT2D eigenvalue weighted by atomic mass is 9.90. The minimum Gasteiger partial charge on any atom is -0.493 e. The number of fused-ring (bicyclic) bond motifs is 3. The van der Waals surface area contributed by atoms with Crippen LogP contribution in [0.3, 0.4) is 0 Å². The number of imidazole rings is 1. The van der Waals surface area contributed by atoms with Crippen molar-refractivity contribution in [3.63, 3.8) is 0 Å². The molecule has 0 saturated carbocycles. The smallest absolute Gasteiger partial charge is 0.221 e. The van der Waals surface area contributed by atoms with E-state index >= 15 is 0 Å². The van der Waals surface area contributed by atoms with E-state index in [9.17, 15) is 4.79 Å². The quantitative estimate of drug-likeness (QED) is 0.794. The lowest BCUT2D eigenvalue weighted by Gasteiger charge is -2.20. The highest BCUT2D eigenvalue weighted by Crippen LogP contribution is 2.42. The van der Waals surface area contributed by atoms with Crippen LogP contribution in [-0.4, -0.2) is 29.5 Å². The first kappa shape index (κ1) is 15.0. The molecule has 0 unspecified atom stereocenters. The zero-order chi connectivity index (χ0) is 16.7. The first-order valence-electron chi connectivity index (χ1n) is 7.64. The summed E-state index contributed by atoms with van der Waals surface area (Å²) in [6.07, 6.45) is 2.35. The van der Waals surface area contributed by atoms with Crippen LogP contribution in [0.4, 0.5) is 0 Å². The van der Waals surface area contributed by atoms with Crippen LogP contribution in [-0.2, 0) is 11.3 Å². The summed E-state index contributed by atoms with van der Waals surface area (Å²) in [7, 11) is 3.23. The van der Waals surface area contributed by atoms with Gasteiger partial charge in [-0.3, -0.25) is 9.20 Å². The Bertz CT molecular complexity index is 915. The molecule has 4 rings (SSSR count). The van der Waals surface area contributed by atoms with Gasteiger partial charge in [0.2, 0.25) is 5.91 Å². The first-order chi connectivity index (χ1) is 11.7. The molecular weight excluding hydrogens is 326 g/mol. The Hall–Kier alpha value is -2.54. The molecule has 2 aromatic heterocycles. The lowest BCUT2D eigenvalue weighted by molar-refractivity contribution is -0.121. The summed E-state index contributed by atoms with van der Waals surface area (Å²) < 4.78 is 13.1. The molecule has 6 nitrogen and oxygen atoms in total. The third-order valence-corrected chi connectivity index (χ3v) is 5.11. The molecule has 3 heterocycles. The van der Waals surface area contributed by atoms with Crippen LogP contribution in [0.1, 0.15) is 29.3 Å². The number of methoxy groups -OCH3 is 2. The lowest BCUT2D eigenvalue weighted by Crippen LogP contribution is -2.21. The van der Waals surface area contributed by atoms with Crippen LogP contribution in [0.25, 0.3) is 4.96 Å². The van der Waals surface area contributed by atoms with E-state index < -0.39 is 0 Å². The van der Waals surface area contributed by atoms with Gasteiger partial charge in [0, 0.05) is 29.5 Å². The molecule has 124 valence electrons. The first-order valence-corrected chi connectivity index (χ1v) is 8.52. The second kappa shape index (κ2) is 5.83. The highest BCUT2D eigenvalue weighted by molar-refractivity contribution is 7.15. The summed E-state index contributed by atoms with van der Waals surface area (Å²) >= 11 is 1.59. The Kier molecular flexibility index (Phi) is 3.65.